The number of carboxylic acids is 1. The number of hydrogen-bond donors (Lipinski definition) is 3. The molecule has 2 aliphatic rings. The van der Waals surface area contributed by atoms with Crippen LogP contribution < -0.4 is 0 Å². The smallest absolute Gasteiger partial charge is 0.303 e. The standard InChI is InChI=1S/C20H29F3O5/c1-2-3-10-20(22,23)16(25)9-8-12-13(24)11-15-18(12)19(21)14(28-15)6-4-5-7-17(26)27/h4,6,8-9,12-16,18-19,24-25H,2-3,5,7,10-11H2,1H3,(H,26,27)/b6-4+,9-8+/t12-,13+,14?,15-,16+,18+,19?/m0/s1. The van der Waals surface area contributed by atoms with E-state index in [0.717, 1.165) is 6.08 Å². The molecule has 1 saturated carbocycles. The first-order chi connectivity index (χ1) is 13.2. The number of fused-ring (bicyclic) bond motifs is 1. The largest absolute Gasteiger partial charge is 0.481 e. The first-order valence-electron chi connectivity index (χ1n) is 9.77. The number of halogens is 3. The number of hydrogen-bond acceptors (Lipinski definition) is 4. The minimum atomic E-state index is -3.27. The highest BCUT2D eigenvalue weighted by Crippen LogP contribution is 2.46. The van der Waals surface area contributed by atoms with Crippen LogP contribution in [0.2, 0.25) is 0 Å². The molecule has 1 aliphatic heterocycles. The van der Waals surface area contributed by atoms with Gasteiger partial charge in [-0.2, -0.15) is 0 Å². The van der Waals surface area contributed by atoms with Gasteiger partial charge in [-0.15, -0.1) is 0 Å². The predicted molar refractivity (Wildman–Crippen MR) is 96.8 cm³/mol. The summed E-state index contributed by atoms with van der Waals surface area (Å²) in [5.74, 6) is -5.65. The zero-order valence-corrected chi connectivity index (χ0v) is 15.9. The molecule has 0 amide bonds. The van der Waals surface area contributed by atoms with E-state index in [4.69, 9.17) is 9.84 Å². The van der Waals surface area contributed by atoms with E-state index in [2.05, 4.69) is 0 Å². The highest BCUT2D eigenvalue weighted by Gasteiger charge is 2.54. The van der Waals surface area contributed by atoms with Crippen molar-refractivity contribution in [2.45, 2.75) is 82.0 Å². The lowest BCUT2D eigenvalue weighted by Crippen LogP contribution is -2.33. The van der Waals surface area contributed by atoms with Crippen LogP contribution in [0.15, 0.2) is 24.3 Å². The Morgan fingerprint density at radius 2 is 2.07 bits per heavy atom. The van der Waals surface area contributed by atoms with E-state index in [1.165, 1.54) is 12.2 Å². The third kappa shape index (κ3) is 5.58. The molecule has 2 fully saturated rings. The Bertz CT molecular complexity index is 580. The van der Waals surface area contributed by atoms with Crippen LogP contribution in [-0.2, 0) is 9.53 Å². The molecule has 0 aromatic heterocycles. The molecule has 160 valence electrons. The van der Waals surface area contributed by atoms with Gasteiger partial charge in [0.15, 0.2) is 0 Å². The maximum absolute atomic E-state index is 14.8. The Balaban J connectivity index is 1.99. The summed E-state index contributed by atoms with van der Waals surface area (Å²) in [5, 5.41) is 28.6. The van der Waals surface area contributed by atoms with Crippen molar-refractivity contribution >= 4 is 5.97 Å². The van der Waals surface area contributed by atoms with Gasteiger partial charge in [-0.05, 0) is 12.8 Å². The lowest BCUT2D eigenvalue weighted by atomic mass is 9.88. The monoisotopic (exact) mass is 406 g/mol. The van der Waals surface area contributed by atoms with Crippen LogP contribution >= 0.6 is 0 Å². The molecular weight excluding hydrogens is 377 g/mol. The minimum Gasteiger partial charge on any atom is -0.481 e. The fraction of sp³-hybridized carbons (Fsp3) is 0.750. The summed E-state index contributed by atoms with van der Waals surface area (Å²) in [7, 11) is 0. The minimum absolute atomic E-state index is 0.0682. The van der Waals surface area contributed by atoms with E-state index in [9.17, 15) is 28.2 Å². The van der Waals surface area contributed by atoms with Gasteiger partial charge in [0.25, 0.3) is 5.92 Å². The number of ether oxygens (including phenoxy) is 1. The van der Waals surface area contributed by atoms with Crippen LogP contribution in [0, 0.1) is 11.8 Å². The third-order valence-corrected chi connectivity index (χ3v) is 5.47. The number of aliphatic hydroxyl groups excluding tert-OH is 2. The van der Waals surface area contributed by atoms with Gasteiger partial charge in [0.1, 0.15) is 18.4 Å². The van der Waals surface area contributed by atoms with Crippen molar-refractivity contribution in [2.75, 3.05) is 0 Å². The summed E-state index contributed by atoms with van der Waals surface area (Å²) in [6, 6.07) is 0. The van der Waals surface area contributed by atoms with Crippen molar-refractivity contribution in [3.63, 3.8) is 0 Å². The van der Waals surface area contributed by atoms with Gasteiger partial charge in [0, 0.05) is 31.1 Å². The lowest BCUT2D eigenvalue weighted by molar-refractivity contribution is -0.136. The molecule has 1 saturated heterocycles. The number of aliphatic carboxylic acids is 1. The Labute approximate surface area is 162 Å². The molecule has 0 aromatic carbocycles. The first kappa shape index (κ1) is 22.9. The molecule has 0 spiro atoms. The molecule has 5 nitrogen and oxygen atoms in total. The zero-order valence-electron chi connectivity index (χ0n) is 15.9. The number of aliphatic hydroxyl groups is 2. The molecule has 28 heavy (non-hydrogen) atoms. The second-order valence-corrected chi connectivity index (χ2v) is 7.60. The fourth-order valence-corrected chi connectivity index (χ4v) is 3.90. The maximum atomic E-state index is 14.8. The normalized spacial score (nSPS) is 34.4. The summed E-state index contributed by atoms with van der Waals surface area (Å²) >= 11 is 0. The average molecular weight is 406 g/mol. The Morgan fingerprint density at radius 3 is 2.71 bits per heavy atom. The SMILES string of the molecule is CCCCC(F)(F)[C@H](O)/C=C/[C@@H]1[C@H]2C(F)C(/C=C/CCC(=O)O)O[C@H]2C[C@H]1O. The van der Waals surface area contributed by atoms with Crippen molar-refractivity contribution in [3.05, 3.63) is 24.3 Å². The maximum Gasteiger partial charge on any atom is 0.303 e. The molecule has 2 unspecified atom stereocenters. The molecular formula is C20H29F3O5. The van der Waals surface area contributed by atoms with E-state index in [0.29, 0.717) is 6.42 Å². The number of carbonyl (C=O) groups is 1. The van der Waals surface area contributed by atoms with E-state index in [1.54, 1.807) is 13.0 Å². The molecule has 2 rings (SSSR count). The number of allylic oxidation sites excluding steroid dienone is 1. The lowest BCUT2D eigenvalue weighted by Gasteiger charge is -2.22. The molecule has 1 heterocycles. The number of unbranched alkanes of at least 4 members (excludes halogenated alkanes) is 1. The van der Waals surface area contributed by atoms with E-state index in [1.807, 2.05) is 0 Å². The van der Waals surface area contributed by atoms with Gasteiger partial charge < -0.3 is 20.1 Å². The van der Waals surface area contributed by atoms with Gasteiger partial charge in [0.2, 0.25) is 0 Å². The summed E-state index contributed by atoms with van der Waals surface area (Å²) in [5.41, 5.74) is 0. The highest BCUT2D eigenvalue weighted by molar-refractivity contribution is 5.66. The Hall–Kier alpha value is -1.38. The fourth-order valence-electron chi connectivity index (χ4n) is 3.90. The van der Waals surface area contributed by atoms with Crippen LogP contribution in [0.25, 0.3) is 0 Å². The van der Waals surface area contributed by atoms with Gasteiger partial charge in [-0.3, -0.25) is 4.79 Å². The van der Waals surface area contributed by atoms with Gasteiger partial charge in [-0.25, -0.2) is 13.2 Å². The quantitative estimate of drug-likeness (QED) is 0.485. The molecule has 0 bridgehead atoms. The molecule has 7 atom stereocenters. The van der Waals surface area contributed by atoms with E-state index < -0.39 is 60.7 Å². The number of carboxylic acid groups (broad SMARTS) is 1. The third-order valence-electron chi connectivity index (χ3n) is 5.47. The zero-order chi connectivity index (χ0) is 20.9. The molecule has 0 radical (unpaired) electrons. The topological polar surface area (TPSA) is 87.0 Å². The van der Waals surface area contributed by atoms with E-state index >= 15 is 0 Å². The highest BCUT2D eigenvalue weighted by atomic mass is 19.3. The molecule has 8 heteroatoms. The van der Waals surface area contributed by atoms with Crippen molar-refractivity contribution in [3.8, 4) is 0 Å². The van der Waals surface area contributed by atoms with Gasteiger partial charge in [0.05, 0.1) is 12.2 Å². The summed E-state index contributed by atoms with van der Waals surface area (Å²) < 4.78 is 48.2. The number of rotatable bonds is 10. The molecule has 0 aromatic rings. The Morgan fingerprint density at radius 1 is 1.36 bits per heavy atom. The van der Waals surface area contributed by atoms with Crippen LogP contribution in [-0.4, -0.2) is 57.8 Å². The summed E-state index contributed by atoms with van der Waals surface area (Å²) in [6.45, 7) is 1.78. The van der Waals surface area contributed by atoms with E-state index in [-0.39, 0.29) is 25.7 Å². The average Bonchev–Trinajstić information content (AvgIpc) is 3.09. The Kier molecular flexibility index (Phi) is 8.09. The van der Waals surface area contributed by atoms with Crippen LogP contribution in [0.5, 0.6) is 0 Å². The first-order valence-corrected chi connectivity index (χ1v) is 9.77. The van der Waals surface area contributed by atoms with Crippen LogP contribution in [0.1, 0.15) is 45.4 Å². The van der Waals surface area contributed by atoms with Crippen molar-refractivity contribution in [1.82, 2.24) is 0 Å². The molecule has 3 N–H and O–H groups in total. The van der Waals surface area contributed by atoms with Crippen molar-refractivity contribution in [2.24, 2.45) is 11.8 Å². The van der Waals surface area contributed by atoms with Crippen molar-refractivity contribution in [1.29, 1.82) is 0 Å². The molecule has 1 aliphatic carbocycles. The van der Waals surface area contributed by atoms with Crippen molar-refractivity contribution < 1.29 is 38.0 Å². The summed E-state index contributed by atoms with van der Waals surface area (Å²) in [6.07, 6.45) is 0.280. The summed E-state index contributed by atoms with van der Waals surface area (Å²) in [4.78, 5) is 10.5. The van der Waals surface area contributed by atoms with Gasteiger partial charge in [-0.1, -0.05) is 37.6 Å². The van der Waals surface area contributed by atoms with Crippen LogP contribution in [0.4, 0.5) is 13.2 Å². The number of alkyl halides is 3. The van der Waals surface area contributed by atoms with Crippen LogP contribution in [0.3, 0.4) is 0 Å². The second-order valence-electron chi connectivity index (χ2n) is 7.60. The van der Waals surface area contributed by atoms with Gasteiger partial charge >= 0.3 is 5.97 Å². The predicted octanol–water partition coefficient (Wildman–Crippen LogP) is 3.25. The second kappa shape index (κ2) is 9.89.